The number of rotatable bonds is 5. The molecule has 1 aromatic carbocycles. The first-order valence-electron chi connectivity index (χ1n) is 9.64. The third kappa shape index (κ3) is 3.95. The van der Waals surface area contributed by atoms with Crippen LogP contribution in [0.3, 0.4) is 0 Å². The first-order chi connectivity index (χ1) is 13.7. The van der Waals surface area contributed by atoms with Crippen molar-refractivity contribution in [2.24, 2.45) is 0 Å². The minimum Gasteiger partial charge on any atom is -0.356 e. The molecule has 1 aliphatic heterocycles. The molecule has 1 saturated heterocycles. The number of carbonyl (C=O) groups excluding carboxylic acids is 1. The molecule has 0 atom stereocenters. The fourth-order valence-electron chi connectivity index (χ4n) is 3.56. The maximum atomic E-state index is 13.7. The normalized spacial score (nSPS) is 14.8. The van der Waals surface area contributed by atoms with Gasteiger partial charge in [-0.05, 0) is 18.9 Å². The Kier molecular flexibility index (Phi) is 5.45. The zero-order valence-electron chi connectivity index (χ0n) is 15.6. The molecular formula is C20H23FN6O. The number of amides is 1. The average Bonchev–Trinajstić information content (AvgIpc) is 2.93. The van der Waals surface area contributed by atoms with Gasteiger partial charge in [0.2, 0.25) is 5.91 Å². The first-order valence-corrected chi connectivity index (χ1v) is 9.64. The molecule has 1 N–H and O–H groups in total. The van der Waals surface area contributed by atoms with Crippen molar-refractivity contribution in [2.75, 3.05) is 18.0 Å². The summed E-state index contributed by atoms with van der Waals surface area (Å²) in [6.45, 7) is 2.11. The van der Waals surface area contributed by atoms with Crippen molar-refractivity contribution < 1.29 is 9.18 Å². The smallest absolute Gasteiger partial charge is 0.242 e. The Morgan fingerprint density at radius 3 is 2.68 bits per heavy atom. The van der Waals surface area contributed by atoms with Crippen LogP contribution in [0.4, 0.5) is 10.2 Å². The number of halogens is 1. The highest BCUT2D eigenvalue weighted by molar-refractivity contribution is 5.87. The van der Waals surface area contributed by atoms with E-state index >= 15 is 0 Å². The second kappa shape index (κ2) is 8.33. The van der Waals surface area contributed by atoms with Crippen LogP contribution >= 0.6 is 0 Å². The third-order valence-electron chi connectivity index (χ3n) is 5.05. The van der Waals surface area contributed by atoms with Crippen molar-refractivity contribution in [3.63, 3.8) is 0 Å². The molecule has 146 valence electrons. The Balaban J connectivity index is 1.48. The van der Waals surface area contributed by atoms with Crippen LogP contribution in [0.15, 0.2) is 36.8 Å². The van der Waals surface area contributed by atoms with E-state index < -0.39 is 0 Å². The Hall–Kier alpha value is -3.03. The topological polar surface area (TPSA) is 75.9 Å². The van der Waals surface area contributed by atoms with E-state index in [2.05, 4.69) is 25.3 Å². The molecule has 1 fully saturated rings. The maximum absolute atomic E-state index is 13.7. The molecule has 2 aromatic heterocycles. The van der Waals surface area contributed by atoms with E-state index in [9.17, 15) is 9.18 Å². The Morgan fingerprint density at radius 1 is 1.11 bits per heavy atom. The number of aromatic nitrogens is 4. The van der Waals surface area contributed by atoms with E-state index in [1.165, 1.54) is 25.2 Å². The second-order valence-electron chi connectivity index (χ2n) is 7.01. The fourth-order valence-corrected chi connectivity index (χ4v) is 3.56. The zero-order valence-corrected chi connectivity index (χ0v) is 15.6. The molecular weight excluding hydrogens is 359 g/mol. The van der Waals surface area contributed by atoms with E-state index in [1.807, 2.05) is 0 Å². The number of benzene rings is 1. The molecule has 0 aliphatic carbocycles. The van der Waals surface area contributed by atoms with Crippen LogP contribution in [0.1, 0.15) is 31.2 Å². The molecule has 0 spiro atoms. The van der Waals surface area contributed by atoms with Crippen molar-refractivity contribution in [3.8, 4) is 0 Å². The highest BCUT2D eigenvalue weighted by Crippen LogP contribution is 2.25. The molecule has 3 heterocycles. The lowest BCUT2D eigenvalue weighted by atomic mass is 10.2. The number of fused-ring (bicyclic) bond motifs is 1. The quantitative estimate of drug-likeness (QED) is 0.734. The molecule has 0 saturated carbocycles. The number of nitrogens with one attached hydrogen (secondary N) is 1. The van der Waals surface area contributed by atoms with Gasteiger partial charge in [-0.3, -0.25) is 4.79 Å². The second-order valence-corrected chi connectivity index (χ2v) is 7.01. The van der Waals surface area contributed by atoms with Crippen LogP contribution in [0.5, 0.6) is 0 Å². The van der Waals surface area contributed by atoms with Gasteiger partial charge in [0.15, 0.2) is 5.65 Å². The Bertz CT molecular complexity index is 964. The Morgan fingerprint density at radius 2 is 1.89 bits per heavy atom. The average molecular weight is 382 g/mol. The number of nitrogens with zero attached hydrogens (tertiary/aromatic N) is 5. The lowest BCUT2D eigenvalue weighted by molar-refractivity contribution is -0.121. The summed E-state index contributed by atoms with van der Waals surface area (Å²) < 4.78 is 15.2. The number of anilines is 1. The van der Waals surface area contributed by atoms with Crippen LogP contribution in [0.2, 0.25) is 0 Å². The third-order valence-corrected chi connectivity index (χ3v) is 5.05. The molecule has 1 aliphatic rings. The fraction of sp³-hybridized carbons (Fsp3) is 0.400. The van der Waals surface area contributed by atoms with Crippen molar-refractivity contribution in [1.29, 1.82) is 0 Å². The van der Waals surface area contributed by atoms with Gasteiger partial charge in [-0.25, -0.2) is 19.0 Å². The number of carbonyl (C=O) groups is 1. The van der Waals surface area contributed by atoms with Crippen LogP contribution < -0.4 is 10.2 Å². The van der Waals surface area contributed by atoms with Gasteiger partial charge in [0.25, 0.3) is 0 Å². The largest absolute Gasteiger partial charge is 0.356 e. The van der Waals surface area contributed by atoms with E-state index in [-0.39, 0.29) is 24.8 Å². The molecule has 8 heteroatoms. The summed E-state index contributed by atoms with van der Waals surface area (Å²) in [4.78, 5) is 23.4. The van der Waals surface area contributed by atoms with E-state index in [1.54, 1.807) is 29.1 Å². The monoisotopic (exact) mass is 382 g/mol. The molecule has 4 rings (SSSR count). The number of hydrogen-bond acceptors (Lipinski definition) is 5. The van der Waals surface area contributed by atoms with Crippen molar-refractivity contribution in [1.82, 2.24) is 25.1 Å². The predicted octanol–water partition coefficient (Wildman–Crippen LogP) is 2.66. The molecule has 0 unspecified atom stereocenters. The molecule has 1 amide bonds. The minimum absolute atomic E-state index is 0.0222. The van der Waals surface area contributed by atoms with Crippen molar-refractivity contribution in [3.05, 3.63) is 48.2 Å². The Labute approximate surface area is 162 Å². The van der Waals surface area contributed by atoms with Gasteiger partial charge >= 0.3 is 0 Å². The number of hydrogen-bond donors (Lipinski definition) is 1. The van der Waals surface area contributed by atoms with E-state index in [0.717, 1.165) is 37.1 Å². The summed E-state index contributed by atoms with van der Waals surface area (Å²) in [6, 6.07) is 6.40. The first kappa shape index (κ1) is 18.3. The van der Waals surface area contributed by atoms with Crippen LogP contribution in [0, 0.1) is 5.82 Å². The summed E-state index contributed by atoms with van der Waals surface area (Å²) in [5.41, 5.74) is 1.09. The molecule has 0 radical (unpaired) electrons. The lowest BCUT2D eigenvalue weighted by Crippen LogP contribution is -2.28. The van der Waals surface area contributed by atoms with Crippen LogP contribution in [-0.4, -0.2) is 38.7 Å². The van der Waals surface area contributed by atoms with Crippen LogP contribution in [-0.2, 0) is 17.9 Å². The molecule has 0 bridgehead atoms. The standard InChI is InChI=1S/C20H23FN6O/c21-17-8-4-3-7-15(17)11-22-18(28)13-27-20-16(12-25-27)19(23-14-24-20)26-9-5-1-2-6-10-26/h3-4,7-8,12,14H,1-2,5-6,9-11,13H2,(H,22,28). The van der Waals surface area contributed by atoms with Gasteiger partial charge in [0.1, 0.15) is 24.5 Å². The molecule has 7 nitrogen and oxygen atoms in total. The van der Waals surface area contributed by atoms with Gasteiger partial charge in [0, 0.05) is 25.2 Å². The summed E-state index contributed by atoms with van der Waals surface area (Å²) in [5, 5.41) is 7.93. The van der Waals surface area contributed by atoms with E-state index in [4.69, 9.17) is 0 Å². The molecule has 3 aromatic rings. The highest BCUT2D eigenvalue weighted by Gasteiger charge is 2.18. The summed E-state index contributed by atoms with van der Waals surface area (Å²) >= 11 is 0. The highest BCUT2D eigenvalue weighted by atomic mass is 19.1. The summed E-state index contributed by atoms with van der Waals surface area (Å²) in [7, 11) is 0. The van der Waals surface area contributed by atoms with Crippen molar-refractivity contribution in [2.45, 2.75) is 38.8 Å². The van der Waals surface area contributed by atoms with E-state index in [0.29, 0.717) is 11.2 Å². The van der Waals surface area contributed by atoms with Crippen molar-refractivity contribution >= 4 is 22.8 Å². The van der Waals surface area contributed by atoms with Gasteiger partial charge in [-0.1, -0.05) is 31.0 Å². The van der Waals surface area contributed by atoms with Gasteiger partial charge < -0.3 is 10.2 Å². The lowest BCUT2D eigenvalue weighted by Gasteiger charge is -2.21. The zero-order chi connectivity index (χ0) is 19.3. The van der Waals surface area contributed by atoms with Gasteiger partial charge in [0.05, 0.1) is 11.6 Å². The molecule has 28 heavy (non-hydrogen) atoms. The summed E-state index contributed by atoms with van der Waals surface area (Å²) in [6.07, 6.45) is 8.03. The summed E-state index contributed by atoms with van der Waals surface area (Å²) in [5.74, 6) is 0.301. The maximum Gasteiger partial charge on any atom is 0.242 e. The predicted molar refractivity (Wildman–Crippen MR) is 104 cm³/mol. The van der Waals surface area contributed by atoms with Gasteiger partial charge in [-0.2, -0.15) is 5.10 Å². The van der Waals surface area contributed by atoms with Crippen LogP contribution in [0.25, 0.3) is 11.0 Å². The van der Waals surface area contributed by atoms with Gasteiger partial charge in [-0.15, -0.1) is 0 Å². The SMILES string of the molecule is O=C(Cn1ncc2c(N3CCCCCC3)ncnc21)NCc1ccccc1F. The minimum atomic E-state index is -0.331.